The predicted molar refractivity (Wildman–Crippen MR) is 98.7 cm³/mol. The molecular formula is C16H13Cl2F3N2O3S. The first-order valence-electron chi connectivity index (χ1n) is 7.28. The van der Waals surface area contributed by atoms with E-state index in [1.165, 1.54) is 18.2 Å². The van der Waals surface area contributed by atoms with Crippen molar-refractivity contribution in [1.29, 1.82) is 0 Å². The third-order valence-electron chi connectivity index (χ3n) is 3.38. The molecule has 0 aliphatic rings. The molecule has 0 aliphatic heterocycles. The highest BCUT2D eigenvalue weighted by Crippen LogP contribution is 2.33. The molecule has 11 heteroatoms. The van der Waals surface area contributed by atoms with Gasteiger partial charge in [0.2, 0.25) is 15.9 Å². The van der Waals surface area contributed by atoms with Crippen molar-refractivity contribution in [3.05, 3.63) is 58.1 Å². The fraction of sp³-hybridized carbons (Fsp3) is 0.188. The summed E-state index contributed by atoms with van der Waals surface area (Å²) in [6, 6.07) is 8.04. The molecule has 2 aromatic carbocycles. The maximum atomic E-state index is 12.6. The highest BCUT2D eigenvalue weighted by molar-refractivity contribution is 7.92. The van der Waals surface area contributed by atoms with E-state index >= 15 is 0 Å². The largest absolute Gasteiger partial charge is 0.416 e. The fourth-order valence-electron chi connectivity index (χ4n) is 2.14. The zero-order valence-corrected chi connectivity index (χ0v) is 16.0. The number of hydrogen-bond acceptors (Lipinski definition) is 3. The Labute approximate surface area is 163 Å². The van der Waals surface area contributed by atoms with E-state index in [2.05, 4.69) is 5.32 Å². The number of rotatable bonds is 5. The number of amides is 1. The highest BCUT2D eigenvalue weighted by atomic mass is 35.5. The zero-order valence-electron chi connectivity index (χ0n) is 13.7. The number of hydrogen-bond donors (Lipinski definition) is 1. The van der Waals surface area contributed by atoms with Crippen LogP contribution in [0.5, 0.6) is 0 Å². The Hall–Kier alpha value is -1.97. The maximum Gasteiger partial charge on any atom is 0.416 e. The van der Waals surface area contributed by atoms with Gasteiger partial charge in [-0.2, -0.15) is 13.2 Å². The molecule has 146 valence electrons. The molecule has 0 saturated heterocycles. The summed E-state index contributed by atoms with van der Waals surface area (Å²) in [4.78, 5) is 12.2. The number of nitrogens with zero attached hydrogens (tertiary/aromatic N) is 1. The third-order valence-corrected chi connectivity index (χ3v) is 5.32. The van der Waals surface area contributed by atoms with Crippen molar-refractivity contribution in [1.82, 2.24) is 0 Å². The van der Waals surface area contributed by atoms with Crippen LogP contribution in [0.15, 0.2) is 42.5 Å². The molecule has 0 aromatic heterocycles. The number of nitrogens with one attached hydrogen (secondary N) is 1. The summed E-state index contributed by atoms with van der Waals surface area (Å²) in [6.45, 7) is -0.639. The lowest BCUT2D eigenvalue weighted by molar-refractivity contribution is -0.137. The van der Waals surface area contributed by atoms with E-state index in [-0.39, 0.29) is 21.4 Å². The normalized spacial score (nSPS) is 11.9. The van der Waals surface area contributed by atoms with Gasteiger partial charge in [0, 0.05) is 5.69 Å². The number of benzene rings is 2. The lowest BCUT2D eigenvalue weighted by Gasteiger charge is -2.23. The van der Waals surface area contributed by atoms with Crippen LogP contribution in [0.4, 0.5) is 24.5 Å². The standard InChI is InChI=1S/C16H13Cl2F3N2O3S/c1-27(25,26)23(13-4-2-3-12(17)15(13)18)9-14(24)22-11-7-5-10(6-8-11)16(19,20)21/h2-8H,9H2,1H3,(H,22,24). The van der Waals surface area contributed by atoms with E-state index in [1.54, 1.807) is 0 Å². The lowest BCUT2D eigenvalue weighted by atomic mass is 10.2. The molecule has 0 unspecified atom stereocenters. The molecular weight excluding hydrogens is 428 g/mol. The SMILES string of the molecule is CS(=O)(=O)N(CC(=O)Nc1ccc(C(F)(F)F)cc1)c1cccc(Cl)c1Cl. The van der Waals surface area contributed by atoms with Gasteiger partial charge in [0.05, 0.1) is 27.6 Å². The molecule has 27 heavy (non-hydrogen) atoms. The van der Waals surface area contributed by atoms with Crippen LogP contribution in [0.3, 0.4) is 0 Å². The predicted octanol–water partition coefficient (Wildman–Crippen LogP) is 4.42. The van der Waals surface area contributed by atoms with E-state index in [0.29, 0.717) is 0 Å². The van der Waals surface area contributed by atoms with Gasteiger partial charge in [0.15, 0.2) is 0 Å². The van der Waals surface area contributed by atoms with Gasteiger partial charge in [-0.3, -0.25) is 9.10 Å². The van der Waals surface area contributed by atoms with Gasteiger partial charge in [0.25, 0.3) is 0 Å². The second kappa shape index (κ2) is 7.95. The van der Waals surface area contributed by atoms with Crippen LogP contribution in [-0.2, 0) is 21.0 Å². The molecule has 0 atom stereocenters. The van der Waals surface area contributed by atoms with Gasteiger partial charge in [-0.15, -0.1) is 0 Å². The third kappa shape index (κ3) is 5.50. The zero-order chi connectivity index (χ0) is 20.4. The molecule has 5 nitrogen and oxygen atoms in total. The summed E-state index contributed by atoms with van der Waals surface area (Å²) >= 11 is 11.9. The molecule has 2 aromatic rings. The number of carbonyl (C=O) groups excluding carboxylic acids is 1. The number of alkyl halides is 3. The first kappa shape index (κ1) is 21.3. The van der Waals surface area contributed by atoms with Crippen molar-refractivity contribution in [2.45, 2.75) is 6.18 Å². The monoisotopic (exact) mass is 440 g/mol. The first-order chi connectivity index (χ1) is 12.4. The van der Waals surface area contributed by atoms with Crippen molar-refractivity contribution in [2.75, 3.05) is 22.4 Å². The fourth-order valence-corrected chi connectivity index (χ4v) is 3.45. The minimum absolute atomic E-state index is 0.00855. The molecule has 1 N–H and O–H groups in total. The van der Waals surface area contributed by atoms with Gasteiger partial charge in [0.1, 0.15) is 6.54 Å². The van der Waals surface area contributed by atoms with Crippen molar-refractivity contribution < 1.29 is 26.4 Å². The summed E-state index contributed by atoms with van der Waals surface area (Å²) in [6.07, 6.45) is -3.62. The summed E-state index contributed by atoms with van der Waals surface area (Å²) in [5.41, 5.74) is -0.781. The molecule has 0 saturated carbocycles. The Kier molecular flexibility index (Phi) is 6.28. The number of sulfonamides is 1. The van der Waals surface area contributed by atoms with Crippen molar-refractivity contribution in [3.63, 3.8) is 0 Å². The second-order valence-corrected chi connectivity index (χ2v) is 8.16. The van der Waals surface area contributed by atoms with Gasteiger partial charge in [-0.1, -0.05) is 29.3 Å². The van der Waals surface area contributed by atoms with E-state index in [9.17, 15) is 26.4 Å². The van der Waals surface area contributed by atoms with Crippen LogP contribution in [0, 0.1) is 0 Å². The molecule has 2 rings (SSSR count). The van der Waals surface area contributed by atoms with Gasteiger partial charge >= 0.3 is 6.18 Å². The summed E-state index contributed by atoms with van der Waals surface area (Å²) in [7, 11) is -3.89. The van der Waals surface area contributed by atoms with Crippen molar-refractivity contribution in [3.8, 4) is 0 Å². The number of carbonyl (C=O) groups is 1. The summed E-state index contributed by atoms with van der Waals surface area (Å²) in [5, 5.41) is 2.39. The minimum Gasteiger partial charge on any atom is -0.325 e. The Bertz CT molecular complexity index is 948. The highest BCUT2D eigenvalue weighted by Gasteiger charge is 2.30. The van der Waals surface area contributed by atoms with Crippen LogP contribution >= 0.6 is 23.2 Å². The van der Waals surface area contributed by atoms with Gasteiger partial charge in [-0.25, -0.2) is 8.42 Å². The topological polar surface area (TPSA) is 66.5 Å². The average Bonchev–Trinajstić information content (AvgIpc) is 2.54. The average molecular weight is 441 g/mol. The molecule has 1 amide bonds. The lowest BCUT2D eigenvalue weighted by Crippen LogP contribution is -2.37. The Morgan fingerprint density at radius 1 is 1.11 bits per heavy atom. The summed E-state index contributed by atoms with van der Waals surface area (Å²) in [5.74, 6) is -0.767. The van der Waals surface area contributed by atoms with E-state index in [0.717, 1.165) is 34.8 Å². The molecule has 0 fully saturated rings. The smallest absolute Gasteiger partial charge is 0.325 e. The quantitative estimate of drug-likeness (QED) is 0.748. The van der Waals surface area contributed by atoms with Crippen LogP contribution in [0.25, 0.3) is 0 Å². The van der Waals surface area contributed by atoms with Crippen LogP contribution in [-0.4, -0.2) is 27.1 Å². The van der Waals surface area contributed by atoms with Crippen LogP contribution in [0.2, 0.25) is 10.0 Å². The molecule has 0 heterocycles. The molecule has 0 aliphatic carbocycles. The van der Waals surface area contributed by atoms with Crippen molar-refractivity contribution in [2.24, 2.45) is 0 Å². The second-order valence-electron chi connectivity index (χ2n) is 5.47. The Morgan fingerprint density at radius 3 is 2.22 bits per heavy atom. The summed E-state index contributed by atoms with van der Waals surface area (Å²) < 4.78 is 62.5. The molecule has 0 radical (unpaired) electrons. The van der Waals surface area contributed by atoms with Gasteiger partial charge < -0.3 is 5.32 Å². The van der Waals surface area contributed by atoms with Crippen LogP contribution in [0.1, 0.15) is 5.56 Å². The van der Waals surface area contributed by atoms with E-state index < -0.39 is 34.2 Å². The van der Waals surface area contributed by atoms with Gasteiger partial charge in [-0.05, 0) is 36.4 Å². The van der Waals surface area contributed by atoms with Crippen molar-refractivity contribution >= 4 is 50.5 Å². The Balaban J connectivity index is 2.21. The van der Waals surface area contributed by atoms with E-state index in [4.69, 9.17) is 23.2 Å². The molecule has 0 bridgehead atoms. The first-order valence-corrected chi connectivity index (χ1v) is 9.89. The van der Waals surface area contributed by atoms with Crippen LogP contribution < -0.4 is 9.62 Å². The molecule has 0 spiro atoms. The number of anilines is 2. The van der Waals surface area contributed by atoms with E-state index in [1.807, 2.05) is 0 Å². The number of halogens is 5. The minimum atomic E-state index is -4.50. The maximum absolute atomic E-state index is 12.6. The Morgan fingerprint density at radius 2 is 1.70 bits per heavy atom.